The number of hydrogen-bond acceptors (Lipinski definition) is 4. The lowest BCUT2D eigenvalue weighted by Gasteiger charge is -2.43. The number of esters is 1. The molecule has 2 aromatic rings. The van der Waals surface area contributed by atoms with Crippen molar-refractivity contribution in [3.05, 3.63) is 64.2 Å². The normalized spacial score (nSPS) is 15.1. The maximum absolute atomic E-state index is 12.0. The molecule has 0 aliphatic carbocycles. The van der Waals surface area contributed by atoms with Gasteiger partial charge in [0.05, 0.1) is 28.4 Å². The van der Waals surface area contributed by atoms with Gasteiger partial charge in [-0.25, -0.2) is 4.79 Å². The van der Waals surface area contributed by atoms with Crippen LogP contribution in [0.5, 0.6) is 0 Å². The van der Waals surface area contributed by atoms with Crippen molar-refractivity contribution in [1.29, 1.82) is 0 Å². The number of halogens is 1. The average Bonchev–Trinajstić information content (AvgIpc) is 2.70. The Balaban J connectivity index is 1.95. The number of allylic oxidation sites excluding steroid dienone is 1. The number of carbonyl (C=O) groups is 1. The van der Waals surface area contributed by atoms with E-state index in [0.717, 1.165) is 24.2 Å². The van der Waals surface area contributed by atoms with Crippen molar-refractivity contribution < 1.29 is 9.53 Å². The molecule has 5 heteroatoms. The van der Waals surface area contributed by atoms with Crippen LogP contribution in [-0.2, 0) is 4.74 Å². The van der Waals surface area contributed by atoms with E-state index in [1.807, 2.05) is 12.1 Å². The number of fused-ring (bicyclic) bond motifs is 1. The molecule has 1 heterocycles. The van der Waals surface area contributed by atoms with Gasteiger partial charge >= 0.3 is 5.97 Å². The zero-order valence-electron chi connectivity index (χ0n) is 18.3. The Morgan fingerprint density at radius 1 is 1.23 bits per heavy atom. The molecule has 1 aliphatic rings. The summed E-state index contributed by atoms with van der Waals surface area (Å²) in [5.41, 5.74) is 5.52. The predicted molar refractivity (Wildman–Crippen MR) is 126 cm³/mol. The van der Waals surface area contributed by atoms with Gasteiger partial charge < -0.3 is 9.64 Å². The van der Waals surface area contributed by atoms with E-state index in [1.54, 1.807) is 31.3 Å². The van der Waals surface area contributed by atoms with Gasteiger partial charge in [-0.15, -0.1) is 0 Å². The van der Waals surface area contributed by atoms with Gasteiger partial charge in [0.1, 0.15) is 0 Å². The van der Waals surface area contributed by atoms with Crippen LogP contribution in [0.25, 0.3) is 5.57 Å². The summed E-state index contributed by atoms with van der Waals surface area (Å²) < 4.78 is 5.06. The number of aliphatic imine (C=N–C) groups is 1. The van der Waals surface area contributed by atoms with E-state index in [-0.39, 0.29) is 11.5 Å². The number of nitrogens with zero attached hydrogens (tertiary/aromatic N) is 2. The molecule has 0 N–H and O–H groups in total. The smallest absolute Gasteiger partial charge is 0.338 e. The van der Waals surface area contributed by atoms with Crippen molar-refractivity contribution in [1.82, 2.24) is 0 Å². The summed E-state index contributed by atoms with van der Waals surface area (Å²) in [6.45, 7) is 11.9. The lowest BCUT2D eigenvalue weighted by molar-refractivity contribution is 0.0526. The van der Waals surface area contributed by atoms with Crippen LogP contribution >= 0.6 is 11.6 Å². The second kappa shape index (κ2) is 9.05. The number of ether oxygens (including phenoxy) is 1. The average molecular weight is 425 g/mol. The summed E-state index contributed by atoms with van der Waals surface area (Å²) >= 11 is 6.65. The molecular formula is C25H29ClN2O2. The quantitative estimate of drug-likeness (QED) is 0.383. The SMILES string of the molecule is CCCN1c2cc(Cl)c(C=Nc3cccc(C(=O)OCC)c3)cc2C(C)=CC1(C)C. The molecule has 2 aromatic carbocycles. The Kier molecular flexibility index (Phi) is 6.67. The highest BCUT2D eigenvalue weighted by molar-refractivity contribution is 6.33. The standard InChI is InChI=1S/C25H29ClN2O2/c1-6-11-28-23-14-22(26)19(13-21(23)17(3)15-25(28,4)5)16-27-20-10-8-9-18(12-20)24(29)30-7-2/h8-10,12-16H,6-7,11H2,1-5H3. The third kappa shape index (κ3) is 4.59. The van der Waals surface area contributed by atoms with Gasteiger partial charge in [-0.2, -0.15) is 0 Å². The first-order valence-electron chi connectivity index (χ1n) is 10.4. The van der Waals surface area contributed by atoms with Gasteiger partial charge in [0.25, 0.3) is 0 Å². The first kappa shape index (κ1) is 22.1. The van der Waals surface area contributed by atoms with E-state index in [1.165, 1.54) is 11.1 Å². The molecule has 0 aromatic heterocycles. The largest absolute Gasteiger partial charge is 0.462 e. The third-order valence-corrected chi connectivity index (χ3v) is 5.58. The van der Waals surface area contributed by atoms with E-state index >= 15 is 0 Å². The highest BCUT2D eigenvalue weighted by Crippen LogP contribution is 2.41. The molecule has 4 nitrogen and oxygen atoms in total. The van der Waals surface area contributed by atoms with E-state index in [4.69, 9.17) is 16.3 Å². The summed E-state index contributed by atoms with van der Waals surface area (Å²) in [5, 5.41) is 0.658. The molecule has 0 saturated heterocycles. The van der Waals surface area contributed by atoms with Gasteiger partial charge in [0.2, 0.25) is 0 Å². The van der Waals surface area contributed by atoms with Crippen LogP contribution in [-0.4, -0.2) is 30.9 Å². The van der Waals surface area contributed by atoms with Crippen molar-refractivity contribution in [2.24, 2.45) is 4.99 Å². The summed E-state index contributed by atoms with van der Waals surface area (Å²) in [6, 6.07) is 11.2. The molecule has 3 rings (SSSR count). The molecule has 1 aliphatic heterocycles. The van der Waals surface area contributed by atoms with Crippen LogP contribution < -0.4 is 4.90 Å². The fraction of sp³-hybridized carbons (Fsp3) is 0.360. The van der Waals surface area contributed by atoms with Gasteiger partial charge in [-0.1, -0.05) is 30.7 Å². The minimum absolute atomic E-state index is 0.0560. The van der Waals surface area contributed by atoms with Crippen LogP contribution in [0.1, 0.15) is 62.5 Å². The van der Waals surface area contributed by atoms with Crippen LogP contribution in [0.3, 0.4) is 0 Å². The molecule has 0 unspecified atom stereocenters. The second-order valence-electron chi connectivity index (χ2n) is 8.05. The van der Waals surface area contributed by atoms with Crippen molar-refractivity contribution in [2.45, 2.75) is 46.6 Å². The Hall–Kier alpha value is -2.59. The Morgan fingerprint density at radius 3 is 2.70 bits per heavy atom. The van der Waals surface area contributed by atoms with Crippen molar-refractivity contribution in [2.75, 3.05) is 18.1 Å². The van der Waals surface area contributed by atoms with Crippen LogP contribution in [0, 0.1) is 0 Å². The molecule has 0 saturated carbocycles. The van der Waals surface area contributed by atoms with Gasteiger partial charge in [-0.05, 0) is 70.0 Å². The van der Waals surface area contributed by atoms with E-state index in [9.17, 15) is 4.79 Å². The number of rotatable bonds is 6. The molecule has 0 atom stereocenters. The van der Waals surface area contributed by atoms with Crippen molar-refractivity contribution >= 4 is 40.7 Å². The Morgan fingerprint density at radius 2 is 2.00 bits per heavy atom. The monoisotopic (exact) mass is 424 g/mol. The maximum atomic E-state index is 12.0. The highest BCUT2D eigenvalue weighted by Gasteiger charge is 2.31. The van der Waals surface area contributed by atoms with E-state index in [2.05, 4.69) is 49.7 Å². The predicted octanol–water partition coefficient (Wildman–Crippen LogP) is 6.68. The second-order valence-corrected chi connectivity index (χ2v) is 8.46. The molecule has 30 heavy (non-hydrogen) atoms. The van der Waals surface area contributed by atoms with E-state index in [0.29, 0.717) is 22.9 Å². The first-order chi connectivity index (χ1) is 14.3. The van der Waals surface area contributed by atoms with Crippen molar-refractivity contribution in [3.63, 3.8) is 0 Å². The first-order valence-corrected chi connectivity index (χ1v) is 10.8. The fourth-order valence-electron chi connectivity index (χ4n) is 3.92. The minimum atomic E-state index is -0.347. The highest BCUT2D eigenvalue weighted by atomic mass is 35.5. The molecule has 0 amide bonds. The Labute approximate surface area is 184 Å². The molecule has 158 valence electrons. The number of carbonyl (C=O) groups excluding carboxylic acids is 1. The maximum Gasteiger partial charge on any atom is 0.338 e. The van der Waals surface area contributed by atoms with Crippen LogP contribution in [0.4, 0.5) is 11.4 Å². The van der Waals surface area contributed by atoms with Gasteiger partial charge in [0, 0.05) is 29.6 Å². The molecule has 0 fully saturated rings. The topological polar surface area (TPSA) is 41.9 Å². The lowest BCUT2D eigenvalue weighted by Crippen LogP contribution is -2.45. The third-order valence-electron chi connectivity index (χ3n) is 5.25. The lowest BCUT2D eigenvalue weighted by atomic mass is 9.88. The summed E-state index contributed by atoms with van der Waals surface area (Å²) in [6.07, 6.45) is 5.13. The van der Waals surface area contributed by atoms with Crippen molar-refractivity contribution in [3.8, 4) is 0 Å². The number of anilines is 1. The number of benzene rings is 2. The van der Waals surface area contributed by atoms with Gasteiger partial charge in [-0.3, -0.25) is 4.99 Å². The number of hydrogen-bond donors (Lipinski definition) is 0. The molecular weight excluding hydrogens is 396 g/mol. The zero-order valence-corrected chi connectivity index (χ0v) is 19.1. The van der Waals surface area contributed by atoms with Crippen LogP contribution in [0.15, 0.2) is 47.5 Å². The molecule has 0 bridgehead atoms. The summed E-state index contributed by atoms with van der Waals surface area (Å²) in [4.78, 5) is 18.9. The van der Waals surface area contributed by atoms with Crippen LogP contribution in [0.2, 0.25) is 5.02 Å². The summed E-state index contributed by atoms with van der Waals surface area (Å²) in [5.74, 6) is -0.347. The molecule has 0 radical (unpaired) electrons. The zero-order chi connectivity index (χ0) is 21.9. The van der Waals surface area contributed by atoms with E-state index < -0.39 is 0 Å². The summed E-state index contributed by atoms with van der Waals surface area (Å²) in [7, 11) is 0. The van der Waals surface area contributed by atoms with Gasteiger partial charge in [0.15, 0.2) is 0 Å². The fourth-order valence-corrected chi connectivity index (χ4v) is 4.12. The minimum Gasteiger partial charge on any atom is -0.462 e. The molecule has 0 spiro atoms. The Bertz CT molecular complexity index is 1010.